The number of rotatable bonds is 0. The Labute approximate surface area is 112 Å². The van der Waals surface area contributed by atoms with Crippen molar-refractivity contribution in [1.82, 2.24) is 0 Å². The summed E-state index contributed by atoms with van der Waals surface area (Å²) in [5, 5.41) is 18.0. The molecule has 12 heavy (non-hydrogen) atoms. The molecule has 14 N–H and O–H groups in total. The van der Waals surface area contributed by atoms with Crippen LogP contribution >= 0.6 is 0 Å². The molecule has 0 rings (SSSR count). The molecule has 2 radical (unpaired) electrons. The number of nitrogens with zero attached hydrogens (tertiary/aromatic N) is 2. The second-order valence-corrected chi connectivity index (χ2v) is 0.179. The Morgan fingerprint density at radius 1 is 0.500 bits per heavy atom. The van der Waals surface area contributed by atoms with Gasteiger partial charge in [-0.2, -0.15) is 0 Å². The summed E-state index contributed by atoms with van der Waals surface area (Å²) in [6.45, 7) is 0. The molecule has 0 aromatic carbocycles. The summed E-state index contributed by atoms with van der Waals surface area (Å²) in [4.78, 5) is 0. The van der Waals surface area contributed by atoms with Gasteiger partial charge in [-0.15, -0.1) is 0 Å². The first-order chi connectivity index (χ1) is 1.91. The largest absolute Gasteiger partial charge is 0.412 e. The second kappa shape index (κ2) is 164. The normalized spacial score (nSPS) is 3.00. The van der Waals surface area contributed by atoms with E-state index >= 15 is 0 Å². The minimum atomic E-state index is 0. The summed E-state index contributed by atoms with van der Waals surface area (Å²) in [7, 11) is 0. The number of hydrogen-bond donors (Lipinski definition) is 2. The molecule has 0 heterocycles. The predicted molar refractivity (Wildman–Crippen MR) is 41.6 cm³/mol. The van der Waals surface area contributed by atoms with E-state index in [4.69, 9.17) is 10.4 Å². The molecule has 0 aromatic heterocycles. The van der Waals surface area contributed by atoms with Crippen LogP contribution in [-0.4, -0.2) is 102 Å². The van der Waals surface area contributed by atoms with Crippen LogP contribution < -0.4 is 0 Å². The first-order valence-corrected chi connectivity index (χ1v) is 0.600. The zero-order valence-corrected chi connectivity index (χ0v) is 10.8. The molecule has 0 amide bonds. The van der Waals surface area contributed by atoms with Gasteiger partial charge in [0.25, 0.3) is 0 Å². The van der Waals surface area contributed by atoms with Gasteiger partial charge in [-0.1, -0.05) is 0 Å². The van der Waals surface area contributed by atoms with Crippen LogP contribution in [0.5, 0.6) is 0 Å². The quantitative estimate of drug-likeness (QED) is 0.228. The Kier molecular flexibility index (Phi) is 1620. The minimum absolute atomic E-state index is 0. The molecule has 0 aliphatic carbocycles. The van der Waals surface area contributed by atoms with E-state index in [-0.39, 0.29) is 92.0 Å². The van der Waals surface area contributed by atoms with Crippen LogP contribution in [0.4, 0.5) is 0 Å². The van der Waals surface area contributed by atoms with Crippen molar-refractivity contribution in [2.75, 3.05) is 0 Å². The Hall–Kier alpha value is 0.960. The maximum atomic E-state index is 7.08. The molecule has 0 spiro atoms. The molecule has 0 aliphatic heterocycles. The molecule has 0 fully saturated rings. The summed E-state index contributed by atoms with van der Waals surface area (Å²) < 4.78 is 0. The molecular weight excluding hydrogens is 202 g/mol. The SMILES string of the molecule is O.O.O.O.O.O.ON=NO.[Na].[Na]. The smallest absolute Gasteiger partial charge is 0.0606 e. The monoisotopic (exact) mass is 216 g/mol. The zero-order chi connectivity index (χ0) is 3.41. The predicted octanol–water partition coefficient (Wildman–Crippen LogP) is -5.49. The van der Waals surface area contributed by atoms with Gasteiger partial charge >= 0.3 is 0 Å². The van der Waals surface area contributed by atoms with E-state index in [1.807, 2.05) is 10.6 Å². The molecule has 0 bridgehead atoms. The van der Waals surface area contributed by atoms with Gasteiger partial charge in [0.15, 0.2) is 0 Å². The van der Waals surface area contributed by atoms with E-state index in [1.54, 1.807) is 0 Å². The first-order valence-electron chi connectivity index (χ1n) is 0.600. The molecule has 0 aliphatic rings. The Bertz CT molecular complexity index is 30.2. The summed E-state index contributed by atoms with van der Waals surface area (Å²) in [6, 6.07) is 0. The fourth-order valence-electron chi connectivity index (χ4n) is 0. The van der Waals surface area contributed by atoms with Gasteiger partial charge in [0.05, 0.1) is 10.6 Å². The van der Waals surface area contributed by atoms with Gasteiger partial charge in [-0.3, -0.25) is 0 Å². The zero-order valence-electron chi connectivity index (χ0n) is 6.79. The first kappa shape index (κ1) is 118. The summed E-state index contributed by atoms with van der Waals surface area (Å²) in [5.41, 5.74) is 0. The van der Waals surface area contributed by atoms with Crippen LogP contribution in [0.15, 0.2) is 10.6 Å². The van der Waals surface area contributed by atoms with E-state index in [0.717, 1.165) is 0 Å². The van der Waals surface area contributed by atoms with Crippen LogP contribution in [-0.2, 0) is 0 Å². The van der Waals surface area contributed by atoms with Crippen molar-refractivity contribution >= 4 is 59.1 Å². The fourth-order valence-corrected chi connectivity index (χ4v) is 0. The molecule has 10 nitrogen and oxygen atoms in total. The molecule has 0 aromatic rings. The molecule has 74 valence electrons. The Morgan fingerprint density at radius 2 is 0.583 bits per heavy atom. The van der Waals surface area contributed by atoms with Crippen molar-refractivity contribution in [2.45, 2.75) is 0 Å². The maximum absolute atomic E-state index is 7.08. The third-order valence-corrected chi connectivity index (χ3v) is 0.0400. The van der Waals surface area contributed by atoms with Gasteiger partial charge in [-0.05, 0) is 0 Å². The average Bonchev–Trinajstić information content (AvgIpc) is 1.37. The van der Waals surface area contributed by atoms with Crippen LogP contribution in [0.1, 0.15) is 0 Å². The van der Waals surface area contributed by atoms with Crippen LogP contribution in [0.2, 0.25) is 0 Å². The average molecular weight is 216 g/mol. The molecular formula is H14N2Na2O8. The fraction of sp³-hybridized carbons (Fsp3) is 0. The third-order valence-electron chi connectivity index (χ3n) is 0.0400. The van der Waals surface area contributed by atoms with E-state index in [2.05, 4.69) is 0 Å². The van der Waals surface area contributed by atoms with E-state index in [1.165, 1.54) is 0 Å². The van der Waals surface area contributed by atoms with Gasteiger partial charge in [0.1, 0.15) is 0 Å². The second-order valence-electron chi connectivity index (χ2n) is 0.179. The van der Waals surface area contributed by atoms with Crippen molar-refractivity contribution in [3.05, 3.63) is 0 Å². The maximum Gasteiger partial charge on any atom is 0.0606 e. The van der Waals surface area contributed by atoms with Crippen molar-refractivity contribution in [3.63, 3.8) is 0 Å². The van der Waals surface area contributed by atoms with Gasteiger partial charge < -0.3 is 43.3 Å². The van der Waals surface area contributed by atoms with Gasteiger partial charge in [0.2, 0.25) is 0 Å². The van der Waals surface area contributed by atoms with Crippen molar-refractivity contribution in [3.8, 4) is 0 Å². The van der Waals surface area contributed by atoms with Crippen LogP contribution in [0, 0.1) is 0 Å². The third kappa shape index (κ3) is 283. The molecule has 12 heteroatoms. The van der Waals surface area contributed by atoms with E-state index < -0.39 is 0 Å². The minimum Gasteiger partial charge on any atom is -0.412 e. The summed E-state index contributed by atoms with van der Waals surface area (Å²) in [6.07, 6.45) is 0. The van der Waals surface area contributed by atoms with Crippen LogP contribution in [0.3, 0.4) is 0 Å². The topological polar surface area (TPSA) is 254 Å². The van der Waals surface area contributed by atoms with E-state index in [9.17, 15) is 0 Å². The molecule has 0 saturated carbocycles. The standard InChI is InChI=1S/H2N2O2.2Na.6H2O/c3-1-2-4;;;;;;;;/h(H,1,4)(H,2,3);;;6*1H2. The molecule has 0 saturated heterocycles. The van der Waals surface area contributed by atoms with Crippen molar-refractivity contribution in [1.29, 1.82) is 0 Å². The molecule has 0 atom stereocenters. The Morgan fingerprint density at radius 3 is 0.583 bits per heavy atom. The van der Waals surface area contributed by atoms with Gasteiger partial charge in [-0.25, -0.2) is 0 Å². The van der Waals surface area contributed by atoms with Crippen molar-refractivity contribution < 1.29 is 43.3 Å². The molecule has 0 unspecified atom stereocenters. The van der Waals surface area contributed by atoms with Crippen molar-refractivity contribution in [2.24, 2.45) is 10.6 Å². The van der Waals surface area contributed by atoms with Gasteiger partial charge in [0, 0.05) is 59.1 Å². The van der Waals surface area contributed by atoms with Crippen LogP contribution in [0.25, 0.3) is 0 Å². The Balaban J connectivity index is -0.00000000161. The van der Waals surface area contributed by atoms with E-state index in [0.29, 0.717) is 0 Å². The summed E-state index contributed by atoms with van der Waals surface area (Å²) in [5.74, 6) is 0. The summed E-state index contributed by atoms with van der Waals surface area (Å²) >= 11 is 0. The number of hydrogen-bond acceptors (Lipinski definition) is 2.